The molecule has 1 N–H and O–H groups in total. The largest absolute Gasteiger partial charge is 0.455 e. The molecule has 1 amide bonds. The first-order valence-electron chi connectivity index (χ1n) is 7.98. The summed E-state index contributed by atoms with van der Waals surface area (Å²) in [6, 6.07) is 4.14. The number of nitrogens with one attached hydrogen (secondary N) is 1. The van der Waals surface area contributed by atoms with E-state index in [1.165, 1.54) is 22.5 Å². The quantitative estimate of drug-likeness (QED) is 0.754. The SMILES string of the molecule is CC(C)C(=O)OCC(=O)Nc1cc(S(=O)(=O)N2CCCC2)ccc1Cl. The molecule has 0 radical (unpaired) electrons. The fourth-order valence-corrected chi connectivity index (χ4v) is 4.04. The van der Waals surface area contributed by atoms with E-state index in [1.54, 1.807) is 13.8 Å². The predicted octanol–water partition coefficient (Wildman–Crippen LogP) is 2.26. The van der Waals surface area contributed by atoms with E-state index < -0.39 is 28.5 Å². The van der Waals surface area contributed by atoms with Gasteiger partial charge in [0.15, 0.2) is 6.61 Å². The molecule has 138 valence electrons. The first kappa shape index (κ1) is 19.7. The number of nitrogens with zero attached hydrogens (tertiary/aromatic N) is 1. The first-order valence-corrected chi connectivity index (χ1v) is 9.80. The molecule has 2 rings (SSSR count). The number of anilines is 1. The van der Waals surface area contributed by atoms with Gasteiger partial charge in [-0.1, -0.05) is 25.4 Å². The van der Waals surface area contributed by atoms with E-state index >= 15 is 0 Å². The van der Waals surface area contributed by atoms with E-state index in [-0.39, 0.29) is 21.5 Å². The van der Waals surface area contributed by atoms with Crippen LogP contribution in [0.4, 0.5) is 5.69 Å². The van der Waals surface area contributed by atoms with Crippen LogP contribution in [-0.2, 0) is 24.3 Å². The fourth-order valence-electron chi connectivity index (χ4n) is 2.33. The van der Waals surface area contributed by atoms with Gasteiger partial charge in [-0.05, 0) is 31.0 Å². The van der Waals surface area contributed by atoms with Gasteiger partial charge in [0.2, 0.25) is 10.0 Å². The molecule has 1 aromatic carbocycles. The van der Waals surface area contributed by atoms with Crippen molar-refractivity contribution in [2.75, 3.05) is 25.0 Å². The van der Waals surface area contributed by atoms with Crippen LogP contribution in [-0.4, -0.2) is 44.3 Å². The summed E-state index contributed by atoms with van der Waals surface area (Å²) >= 11 is 6.03. The molecule has 1 aromatic rings. The van der Waals surface area contributed by atoms with Gasteiger partial charge in [-0.15, -0.1) is 0 Å². The zero-order valence-electron chi connectivity index (χ0n) is 14.1. The number of carbonyl (C=O) groups excluding carboxylic acids is 2. The number of esters is 1. The van der Waals surface area contributed by atoms with E-state index in [9.17, 15) is 18.0 Å². The molecular formula is C16H21ClN2O5S. The summed E-state index contributed by atoms with van der Waals surface area (Å²) in [5, 5.41) is 2.67. The lowest BCUT2D eigenvalue weighted by molar-refractivity contribution is -0.150. The standard InChI is InChI=1S/C16H21ClN2O5S/c1-11(2)16(21)24-10-15(20)18-14-9-12(5-6-13(14)17)25(22,23)19-7-3-4-8-19/h5-6,9,11H,3-4,7-8,10H2,1-2H3,(H,18,20). The number of ether oxygens (including phenoxy) is 1. The van der Waals surface area contributed by atoms with E-state index in [0.717, 1.165) is 12.8 Å². The van der Waals surface area contributed by atoms with Crippen LogP contribution in [0.25, 0.3) is 0 Å². The van der Waals surface area contributed by atoms with Crippen molar-refractivity contribution in [2.45, 2.75) is 31.6 Å². The van der Waals surface area contributed by atoms with E-state index in [4.69, 9.17) is 16.3 Å². The number of halogens is 1. The van der Waals surface area contributed by atoms with Crippen LogP contribution in [0.2, 0.25) is 5.02 Å². The van der Waals surface area contributed by atoms with Gasteiger partial charge in [-0.25, -0.2) is 8.42 Å². The van der Waals surface area contributed by atoms with Gasteiger partial charge in [-0.3, -0.25) is 9.59 Å². The molecule has 0 aliphatic carbocycles. The van der Waals surface area contributed by atoms with Crippen LogP contribution >= 0.6 is 11.6 Å². The van der Waals surface area contributed by atoms with Crippen molar-refractivity contribution in [1.29, 1.82) is 0 Å². The second-order valence-corrected chi connectivity index (χ2v) is 8.41. The van der Waals surface area contributed by atoms with Gasteiger partial charge in [0.1, 0.15) is 0 Å². The van der Waals surface area contributed by atoms with Gasteiger partial charge in [0.05, 0.1) is 21.5 Å². The Bertz CT molecular complexity index is 758. The van der Waals surface area contributed by atoms with Crippen molar-refractivity contribution in [2.24, 2.45) is 5.92 Å². The highest BCUT2D eigenvalue weighted by Gasteiger charge is 2.27. The summed E-state index contributed by atoms with van der Waals surface area (Å²) in [5.41, 5.74) is 0.160. The Kier molecular flexibility index (Phi) is 6.42. The monoisotopic (exact) mass is 388 g/mol. The van der Waals surface area contributed by atoms with Gasteiger partial charge < -0.3 is 10.1 Å². The van der Waals surface area contributed by atoms with Crippen LogP contribution in [0.3, 0.4) is 0 Å². The predicted molar refractivity (Wildman–Crippen MR) is 93.9 cm³/mol. The van der Waals surface area contributed by atoms with Crippen LogP contribution in [0.15, 0.2) is 23.1 Å². The lowest BCUT2D eigenvalue weighted by Gasteiger charge is -2.17. The summed E-state index contributed by atoms with van der Waals surface area (Å²) in [4.78, 5) is 23.4. The molecular weight excluding hydrogens is 368 g/mol. The lowest BCUT2D eigenvalue weighted by atomic mass is 10.2. The number of carbonyl (C=O) groups is 2. The second-order valence-electron chi connectivity index (χ2n) is 6.06. The minimum Gasteiger partial charge on any atom is -0.455 e. The average Bonchev–Trinajstić information content (AvgIpc) is 3.09. The Morgan fingerprint density at radius 1 is 1.28 bits per heavy atom. The van der Waals surface area contributed by atoms with Crippen molar-refractivity contribution in [3.63, 3.8) is 0 Å². The Morgan fingerprint density at radius 2 is 1.92 bits per heavy atom. The third-order valence-corrected chi connectivity index (χ3v) is 5.96. The third kappa shape index (κ3) is 4.93. The molecule has 0 unspecified atom stereocenters. The first-order chi connectivity index (χ1) is 11.7. The molecule has 0 atom stereocenters. The van der Waals surface area contributed by atoms with Crippen LogP contribution < -0.4 is 5.32 Å². The Labute approximate surface area is 152 Å². The fraction of sp³-hybridized carbons (Fsp3) is 0.500. The Balaban J connectivity index is 2.11. The topological polar surface area (TPSA) is 92.8 Å². The van der Waals surface area contributed by atoms with Crippen molar-refractivity contribution in [1.82, 2.24) is 4.31 Å². The lowest BCUT2D eigenvalue weighted by Crippen LogP contribution is -2.28. The van der Waals surface area contributed by atoms with Crippen molar-refractivity contribution in [3.8, 4) is 0 Å². The van der Waals surface area contributed by atoms with Gasteiger partial charge >= 0.3 is 5.97 Å². The van der Waals surface area contributed by atoms with E-state index in [0.29, 0.717) is 13.1 Å². The maximum absolute atomic E-state index is 12.6. The minimum absolute atomic E-state index is 0.0632. The summed E-state index contributed by atoms with van der Waals surface area (Å²) in [7, 11) is -3.61. The molecule has 7 nitrogen and oxygen atoms in total. The molecule has 0 saturated carbocycles. The maximum Gasteiger partial charge on any atom is 0.308 e. The number of hydrogen-bond donors (Lipinski definition) is 1. The molecule has 1 heterocycles. The molecule has 0 spiro atoms. The number of sulfonamides is 1. The van der Waals surface area contributed by atoms with E-state index in [1.807, 2.05) is 0 Å². The van der Waals surface area contributed by atoms with E-state index in [2.05, 4.69) is 5.32 Å². The van der Waals surface area contributed by atoms with Crippen molar-refractivity contribution < 1.29 is 22.7 Å². The molecule has 0 aromatic heterocycles. The summed E-state index contributed by atoms with van der Waals surface area (Å²) in [5.74, 6) is -1.43. The zero-order valence-corrected chi connectivity index (χ0v) is 15.7. The Morgan fingerprint density at radius 3 is 2.52 bits per heavy atom. The maximum atomic E-state index is 12.6. The summed E-state index contributed by atoms with van der Waals surface area (Å²) in [6.45, 7) is 3.82. The molecule has 1 aliphatic heterocycles. The second kappa shape index (κ2) is 8.16. The number of rotatable bonds is 6. The average molecular weight is 389 g/mol. The molecule has 0 bridgehead atoms. The van der Waals surface area contributed by atoms with Crippen molar-refractivity contribution in [3.05, 3.63) is 23.2 Å². The highest BCUT2D eigenvalue weighted by molar-refractivity contribution is 7.89. The summed E-state index contributed by atoms with van der Waals surface area (Å²) < 4.78 is 31.4. The molecule has 25 heavy (non-hydrogen) atoms. The molecule has 1 saturated heterocycles. The highest BCUT2D eigenvalue weighted by Crippen LogP contribution is 2.28. The van der Waals surface area contributed by atoms with Crippen LogP contribution in [0, 0.1) is 5.92 Å². The van der Waals surface area contributed by atoms with Crippen LogP contribution in [0.1, 0.15) is 26.7 Å². The minimum atomic E-state index is -3.61. The van der Waals surface area contributed by atoms with Crippen LogP contribution in [0.5, 0.6) is 0 Å². The smallest absolute Gasteiger partial charge is 0.308 e. The highest BCUT2D eigenvalue weighted by atomic mass is 35.5. The zero-order chi connectivity index (χ0) is 18.6. The normalized spacial score (nSPS) is 15.4. The number of benzene rings is 1. The van der Waals surface area contributed by atoms with Gasteiger partial charge in [0, 0.05) is 13.1 Å². The molecule has 1 aliphatic rings. The Hall–Kier alpha value is -1.64. The summed E-state index contributed by atoms with van der Waals surface area (Å²) in [6.07, 6.45) is 1.66. The molecule has 1 fully saturated rings. The molecule has 9 heteroatoms. The number of hydrogen-bond acceptors (Lipinski definition) is 5. The van der Waals surface area contributed by atoms with Crippen molar-refractivity contribution >= 4 is 39.2 Å². The number of amides is 1. The van der Waals surface area contributed by atoms with Gasteiger partial charge in [-0.2, -0.15) is 4.31 Å². The van der Waals surface area contributed by atoms with Gasteiger partial charge in [0.25, 0.3) is 5.91 Å². The third-order valence-electron chi connectivity index (χ3n) is 3.73.